The van der Waals surface area contributed by atoms with Crippen LogP contribution in [0.4, 0.5) is 0 Å². The van der Waals surface area contributed by atoms with Crippen LogP contribution in [0.1, 0.15) is 21.6 Å². The maximum atomic E-state index is 13.0. The summed E-state index contributed by atoms with van der Waals surface area (Å²) in [4.78, 5) is 21.9. The highest BCUT2D eigenvalue weighted by atomic mass is 32.2. The standard InChI is InChI=1S/C21H24N4O3S/c1-16-6-7-18(29(2,27)28)13-19(16)21(26)24-11-9-23(10-12-24)14-17-15-25-8-4-3-5-20(25)22-17/h3-8,13,15H,9-12,14H2,1-2H3. The van der Waals surface area contributed by atoms with Crippen molar-refractivity contribution in [3.8, 4) is 0 Å². The second-order valence-electron chi connectivity index (χ2n) is 7.52. The van der Waals surface area contributed by atoms with Gasteiger partial charge in [-0.2, -0.15) is 0 Å². The molecule has 3 aromatic rings. The fourth-order valence-corrected chi connectivity index (χ4v) is 4.28. The van der Waals surface area contributed by atoms with Crippen LogP contribution < -0.4 is 0 Å². The lowest BCUT2D eigenvalue weighted by atomic mass is 10.1. The van der Waals surface area contributed by atoms with E-state index in [0.717, 1.165) is 42.8 Å². The number of rotatable bonds is 4. The number of piperazine rings is 1. The van der Waals surface area contributed by atoms with Crippen molar-refractivity contribution in [2.45, 2.75) is 18.4 Å². The van der Waals surface area contributed by atoms with Crippen molar-refractivity contribution < 1.29 is 13.2 Å². The lowest BCUT2D eigenvalue weighted by molar-refractivity contribution is 0.0626. The van der Waals surface area contributed by atoms with Crippen molar-refractivity contribution in [2.75, 3.05) is 32.4 Å². The fourth-order valence-electron chi connectivity index (χ4n) is 3.63. The Bertz CT molecular complexity index is 1130. The molecule has 1 aromatic carbocycles. The van der Waals surface area contributed by atoms with Crippen LogP contribution in [-0.2, 0) is 16.4 Å². The van der Waals surface area contributed by atoms with Crippen molar-refractivity contribution in [1.29, 1.82) is 0 Å². The SMILES string of the molecule is Cc1ccc(S(C)(=O)=O)cc1C(=O)N1CCN(Cc2cn3ccccc3n2)CC1. The molecule has 7 nitrogen and oxygen atoms in total. The van der Waals surface area contributed by atoms with Gasteiger partial charge >= 0.3 is 0 Å². The van der Waals surface area contributed by atoms with Gasteiger partial charge in [0.1, 0.15) is 5.65 Å². The summed E-state index contributed by atoms with van der Waals surface area (Å²) in [5, 5.41) is 0. The van der Waals surface area contributed by atoms with E-state index in [9.17, 15) is 13.2 Å². The number of carbonyl (C=O) groups excluding carboxylic acids is 1. The molecular weight excluding hydrogens is 388 g/mol. The molecule has 0 atom stereocenters. The van der Waals surface area contributed by atoms with Crippen molar-refractivity contribution in [3.05, 3.63) is 65.6 Å². The van der Waals surface area contributed by atoms with Crippen LogP contribution in [0.15, 0.2) is 53.7 Å². The first-order chi connectivity index (χ1) is 13.8. The van der Waals surface area contributed by atoms with Crippen LogP contribution in [0.3, 0.4) is 0 Å². The summed E-state index contributed by atoms with van der Waals surface area (Å²) in [6, 6.07) is 10.7. The third-order valence-corrected chi connectivity index (χ3v) is 6.44. The number of aromatic nitrogens is 2. The number of imidazole rings is 1. The number of hydrogen-bond acceptors (Lipinski definition) is 5. The highest BCUT2D eigenvalue weighted by Crippen LogP contribution is 2.19. The zero-order valence-electron chi connectivity index (χ0n) is 16.6. The summed E-state index contributed by atoms with van der Waals surface area (Å²) in [6.45, 7) is 5.30. The van der Waals surface area contributed by atoms with Crippen LogP contribution in [-0.4, -0.2) is 65.9 Å². The highest BCUT2D eigenvalue weighted by Gasteiger charge is 2.24. The number of hydrogen-bond donors (Lipinski definition) is 0. The predicted molar refractivity (Wildman–Crippen MR) is 111 cm³/mol. The Morgan fingerprint density at radius 2 is 1.86 bits per heavy atom. The van der Waals surface area contributed by atoms with E-state index in [0.29, 0.717) is 18.7 Å². The molecule has 1 aliphatic rings. The predicted octanol–water partition coefficient (Wildman–Crippen LogP) is 2.00. The van der Waals surface area contributed by atoms with Crippen molar-refractivity contribution in [2.24, 2.45) is 0 Å². The van der Waals surface area contributed by atoms with Gasteiger partial charge in [0, 0.05) is 56.9 Å². The third-order valence-electron chi connectivity index (χ3n) is 5.33. The lowest BCUT2D eigenvalue weighted by Crippen LogP contribution is -2.48. The quantitative estimate of drug-likeness (QED) is 0.655. The lowest BCUT2D eigenvalue weighted by Gasteiger charge is -2.34. The first-order valence-electron chi connectivity index (χ1n) is 9.56. The van der Waals surface area contributed by atoms with Gasteiger partial charge in [0.05, 0.1) is 10.6 Å². The molecule has 0 bridgehead atoms. The van der Waals surface area contributed by atoms with Gasteiger partial charge in [0.2, 0.25) is 0 Å². The molecule has 0 radical (unpaired) electrons. The van der Waals surface area contributed by atoms with Crippen LogP contribution in [0.5, 0.6) is 0 Å². The molecule has 0 spiro atoms. The topological polar surface area (TPSA) is 75.0 Å². The number of nitrogens with zero attached hydrogens (tertiary/aromatic N) is 4. The highest BCUT2D eigenvalue weighted by molar-refractivity contribution is 7.90. The van der Waals surface area contributed by atoms with Gasteiger partial charge < -0.3 is 9.30 Å². The average molecular weight is 413 g/mol. The Balaban J connectivity index is 1.42. The minimum absolute atomic E-state index is 0.111. The minimum atomic E-state index is -3.35. The van der Waals surface area contributed by atoms with E-state index in [1.54, 1.807) is 17.0 Å². The number of fused-ring (bicyclic) bond motifs is 1. The molecular formula is C21H24N4O3S. The van der Waals surface area contributed by atoms with Gasteiger partial charge in [-0.1, -0.05) is 12.1 Å². The molecule has 2 aromatic heterocycles. The van der Waals surface area contributed by atoms with Crippen LogP contribution >= 0.6 is 0 Å². The molecule has 8 heteroatoms. The minimum Gasteiger partial charge on any atom is -0.336 e. The summed E-state index contributed by atoms with van der Waals surface area (Å²) in [5.74, 6) is -0.111. The molecule has 0 N–H and O–H groups in total. The van der Waals surface area contributed by atoms with Gasteiger partial charge in [-0.25, -0.2) is 13.4 Å². The van der Waals surface area contributed by atoms with Gasteiger partial charge in [-0.3, -0.25) is 9.69 Å². The van der Waals surface area contributed by atoms with E-state index < -0.39 is 9.84 Å². The van der Waals surface area contributed by atoms with E-state index in [4.69, 9.17) is 0 Å². The Kier molecular flexibility index (Phi) is 5.14. The largest absolute Gasteiger partial charge is 0.336 e. The van der Waals surface area contributed by atoms with Crippen LogP contribution in [0.25, 0.3) is 5.65 Å². The first kappa shape index (κ1) is 19.6. The van der Waals surface area contributed by atoms with Crippen LogP contribution in [0.2, 0.25) is 0 Å². The Morgan fingerprint density at radius 3 is 2.55 bits per heavy atom. The second-order valence-corrected chi connectivity index (χ2v) is 9.53. The maximum Gasteiger partial charge on any atom is 0.254 e. The van der Waals surface area contributed by atoms with E-state index in [1.807, 2.05) is 41.9 Å². The molecule has 4 rings (SSSR count). The van der Waals surface area contributed by atoms with E-state index >= 15 is 0 Å². The molecule has 0 saturated carbocycles. The van der Waals surface area contributed by atoms with Crippen molar-refractivity contribution >= 4 is 21.4 Å². The summed E-state index contributed by atoms with van der Waals surface area (Å²) in [6.07, 6.45) is 5.17. The molecule has 152 valence electrons. The zero-order valence-corrected chi connectivity index (χ0v) is 17.4. The summed E-state index contributed by atoms with van der Waals surface area (Å²) in [7, 11) is -3.35. The molecule has 1 saturated heterocycles. The molecule has 0 unspecified atom stereocenters. The Labute approximate surface area is 170 Å². The van der Waals surface area contributed by atoms with E-state index in [1.165, 1.54) is 6.07 Å². The van der Waals surface area contributed by atoms with Gasteiger partial charge in [-0.15, -0.1) is 0 Å². The average Bonchev–Trinajstić information content (AvgIpc) is 3.10. The number of pyridine rings is 1. The second kappa shape index (κ2) is 7.61. The zero-order chi connectivity index (χ0) is 20.6. The number of benzene rings is 1. The summed E-state index contributed by atoms with van der Waals surface area (Å²) >= 11 is 0. The van der Waals surface area contributed by atoms with Gasteiger partial charge in [-0.05, 0) is 36.8 Å². The van der Waals surface area contributed by atoms with E-state index in [2.05, 4.69) is 9.88 Å². The molecule has 1 fully saturated rings. The van der Waals surface area contributed by atoms with Gasteiger partial charge in [0.15, 0.2) is 9.84 Å². The summed E-state index contributed by atoms with van der Waals surface area (Å²) in [5.41, 5.74) is 3.18. The number of aryl methyl sites for hydroxylation is 1. The maximum absolute atomic E-state index is 13.0. The van der Waals surface area contributed by atoms with Crippen molar-refractivity contribution in [3.63, 3.8) is 0 Å². The number of amides is 1. The fraction of sp³-hybridized carbons (Fsp3) is 0.333. The third kappa shape index (κ3) is 4.18. The molecule has 29 heavy (non-hydrogen) atoms. The Hall–Kier alpha value is -2.71. The van der Waals surface area contributed by atoms with E-state index in [-0.39, 0.29) is 10.8 Å². The molecule has 3 heterocycles. The molecule has 1 amide bonds. The normalized spacial score (nSPS) is 15.7. The van der Waals surface area contributed by atoms with Crippen LogP contribution in [0, 0.1) is 6.92 Å². The first-order valence-corrected chi connectivity index (χ1v) is 11.5. The number of sulfone groups is 1. The monoisotopic (exact) mass is 412 g/mol. The summed E-state index contributed by atoms with van der Waals surface area (Å²) < 4.78 is 25.7. The smallest absolute Gasteiger partial charge is 0.254 e. The molecule has 0 aliphatic carbocycles. The Morgan fingerprint density at radius 1 is 1.10 bits per heavy atom. The van der Waals surface area contributed by atoms with Crippen molar-refractivity contribution in [1.82, 2.24) is 19.2 Å². The number of carbonyl (C=O) groups is 1. The van der Waals surface area contributed by atoms with Gasteiger partial charge in [0.25, 0.3) is 5.91 Å². The molecule has 1 aliphatic heterocycles.